The fourth-order valence-corrected chi connectivity index (χ4v) is 2.69. The van der Waals surface area contributed by atoms with Gasteiger partial charge in [-0.15, -0.1) is 0 Å². The molecule has 0 unspecified atom stereocenters. The zero-order valence-corrected chi connectivity index (χ0v) is 13.1. The molecule has 0 aromatic heterocycles. The molecular formula is C10H22N3O3PS. The van der Waals surface area contributed by atoms with Gasteiger partial charge in [0, 0.05) is 0 Å². The summed E-state index contributed by atoms with van der Waals surface area (Å²) in [5, 5.41) is 18.5. The Bertz CT molecular complexity index is 335. The average molecular weight is 295 g/mol. The number of oxime groups is 1. The largest absolute Gasteiger partial charge is 0.411 e. The number of nitrogens with zero attached hydrogens (tertiary/aromatic N) is 2. The van der Waals surface area contributed by atoms with Gasteiger partial charge >= 0.3 is 6.64 Å². The summed E-state index contributed by atoms with van der Waals surface area (Å²) in [6, 6.07) is 0. The summed E-state index contributed by atoms with van der Waals surface area (Å²) in [5.41, 5.74) is 0.946. The molecule has 6 nitrogen and oxygen atoms in total. The van der Waals surface area contributed by atoms with E-state index >= 15 is 0 Å². The second-order valence-electron chi connectivity index (χ2n) is 3.65. The first-order chi connectivity index (χ1) is 8.49. The van der Waals surface area contributed by atoms with Gasteiger partial charge in [0.1, 0.15) is 0 Å². The van der Waals surface area contributed by atoms with Crippen LogP contribution in [-0.2, 0) is 20.9 Å². The lowest BCUT2D eigenvalue weighted by Gasteiger charge is -2.21. The molecule has 0 saturated heterocycles. The van der Waals surface area contributed by atoms with Crippen molar-refractivity contribution >= 4 is 29.9 Å². The van der Waals surface area contributed by atoms with Gasteiger partial charge in [-0.2, -0.15) is 5.10 Å². The SMILES string of the molecule is CCCOP(=S)(N/N=C(C)/C(C)=N/O)OCCC. The smallest absolute Gasteiger partial charge is 0.303 e. The zero-order chi connectivity index (χ0) is 14.0. The van der Waals surface area contributed by atoms with Gasteiger partial charge in [-0.05, 0) is 38.5 Å². The fraction of sp³-hybridized carbons (Fsp3) is 0.800. The van der Waals surface area contributed by atoms with Crippen molar-refractivity contribution < 1.29 is 14.3 Å². The van der Waals surface area contributed by atoms with E-state index in [1.54, 1.807) is 13.8 Å². The summed E-state index contributed by atoms with van der Waals surface area (Å²) in [6.45, 7) is 5.80. The van der Waals surface area contributed by atoms with Gasteiger partial charge in [-0.25, -0.2) is 5.20 Å². The zero-order valence-electron chi connectivity index (χ0n) is 11.3. The van der Waals surface area contributed by atoms with E-state index in [1.165, 1.54) is 0 Å². The Morgan fingerprint density at radius 1 is 1.17 bits per heavy atom. The maximum absolute atomic E-state index is 8.62. The van der Waals surface area contributed by atoms with E-state index in [4.69, 9.17) is 26.1 Å². The van der Waals surface area contributed by atoms with Crippen LogP contribution in [0, 0.1) is 0 Å². The molecule has 2 N–H and O–H groups in total. The molecule has 0 saturated carbocycles. The van der Waals surface area contributed by atoms with Crippen molar-refractivity contribution in [3.05, 3.63) is 0 Å². The molecule has 0 atom stereocenters. The maximum Gasteiger partial charge on any atom is 0.303 e. The highest BCUT2D eigenvalue weighted by atomic mass is 32.5. The molecule has 0 aromatic carbocycles. The van der Waals surface area contributed by atoms with Crippen LogP contribution in [0.15, 0.2) is 10.3 Å². The molecule has 0 aromatic rings. The monoisotopic (exact) mass is 295 g/mol. The normalized spacial score (nSPS) is 13.8. The molecule has 0 fully saturated rings. The van der Waals surface area contributed by atoms with Gasteiger partial charge < -0.3 is 14.3 Å². The van der Waals surface area contributed by atoms with E-state index in [0.29, 0.717) is 24.6 Å². The van der Waals surface area contributed by atoms with Crippen molar-refractivity contribution in [1.82, 2.24) is 5.20 Å². The Kier molecular flexibility index (Phi) is 9.18. The first-order valence-corrected chi connectivity index (χ1v) is 8.52. The predicted octanol–water partition coefficient (Wildman–Crippen LogP) is 2.88. The predicted molar refractivity (Wildman–Crippen MR) is 77.9 cm³/mol. The first-order valence-electron chi connectivity index (χ1n) is 5.88. The van der Waals surface area contributed by atoms with Crippen LogP contribution < -0.4 is 5.20 Å². The molecule has 0 aliphatic carbocycles. The first kappa shape index (κ1) is 17.5. The van der Waals surface area contributed by atoms with Crippen LogP contribution in [0.3, 0.4) is 0 Å². The minimum absolute atomic E-state index is 0.412. The summed E-state index contributed by atoms with van der Waals surface area (Å²) in [4.78, 5) is 0. The molecule has 8 heteroatoms. The van der Waals surface area contributed by atoms with Crippen LogP contribution in [0.1, 0.15) is 40.5 Å². The lowest BCUT2D eigenvalue weighted by Crippen LogP contribution is -2.15. The topological polar surface area (TPSA) is 75.4 Å². The molecule has 0 aliphatic heterocycles. The van der Waals surface area contributed by atoms with Crippen molar-refractivity contribution in [3.63, 3.8) is 0 Å². The van der Waals surface area contributed by atoms with Gasteiger partial charge in [-0.1, -0.05) is 19.0 Å². The molecule has 0 radical (unpaired) electrons. The Morgan fingerprint density at radius 3 is 2.06 bits per heavy atom. The highest BCUT2D eigenvalue weighted by Gasteiger charge is 2.18. The van der Waals surface area contributed by atoms with Crippen LogP contribution >= 0.6 is 6.64 Å². The minimum atomic E-state index is -2.60. The van der Waals surface area contributed by atoms with E-state index in [0.717, 1.165) is 12.8 Å². The summed E-state index contributed by atoms with van der Waals surface area (Å²) < 4.78 is 11.1. The molecule has 106 valence electrons. The van der Waals surface area contributed by atoms with E-state index in [-0.39, 0.29) is 0 Å². The fourth-order valence-electron chi connectivity index (χ4n) is 0.807. The van der Waals surface area contributed by atoms with Crippen molar-refractivity contribution in [2.75, 3.05) is 13.2 Å². The summed E-state index contributed by atoms with van der Waals surface area (Å²) >= 11 is 5.32. The van der Waals surface area contributed by atoms with Gasteiger partial charge in [0.15, 0.2) is 0 Å². The Balaban J connectivity index is 4.63. The van der Waals surface area contributed by atoms with E-state index < -0.39 is 6.64 Å². The third-order valence-corrected chi connectivity index (χ3v) is 4.21. The molecule has 18 heavy (non-hydrogen) atoms. The second-order valence-corrected chi connectivity index (χ2v) is 6.80. The maximum atomic E-state index is 8.62. The lowest BCUT2D eigenvalue weighted by atomic mass is 10.3. The highest BCUT2D eigenvalue weighted by molar-refractivity contribution is 8.08. The molecular weight excluding hydrogens is 273 g/mol. The van der Waals surface area contributed by atoms with Crippen molar-refractivity contribution in [1.29, 1.82) is 0 Å². The summed E-state index contributed by atoms with van der Waals surface area (Å²) in [5.74, 6) is 0. The Morgan fingerprint density at radius 2 is 1.67 bits per heavy atom. The Hall–Kier alpha value is -0.490. The van der Waals surface area contributed by atoms with Gasteiger partial charge in [0.2, 0.25) is 0 Å². The Labute approximate surface area is 114 Å². The third-order valence-electron chi connectivity index (χ3n) is 1.94. The molecule has 0 rings (SSSR count). The number of hydrogen-bond acceptors (Lipinski definition) is 6. The second kappa shape index (κ2) is 9.44. The molecule has 0 aliphatic rings. The van der Waals surface area contributed by atoms with Crippen LogP contribution in [0.2, 0.25) is 0 Å². The van der Waals surface area contributed by atoms with E-state index in [9.17, 15) is 0 Å². The summed E-state index contributed by atoms with van der Waals surface area (Å²) in [6.07, 6.45) is 1.71. The number of hydrazone groups is 1. The average Bonchev–Trinajstić information content (AvgIpc) is 2.39. The van der Waals surface area contributed by atoms with Crippen LogP contribution in [0.4, 0.5) is 0 Å². The van der Waals surface area contributed by atoms with Gasteiger partial charge in [-0.3, -0.25) is 0 Å². The third kappa shape index (κ3) is 7.06. The minimum Gasteiger partial charge on any atom is -0.411 e. The number of rotatable bonds is 9. The number of hydrogen-bond donors (Lipinski definition) is 2. The highest BCUT2D eigenvalue weighted by Crippen LogP contribution is 2.44. The van der Waals surface area contributed by atoms with Crippen molar-refractivity contribution in [3.8, 4) is 0 Å². The molecule has 0 amide bonds. The van der Waals surface area contributed by atoms with Crippen molar-refractivity contribution in [2.24, 2.45) is 10.3 Å². The van der Waals surface area contributed by atoms with E-state index in [1.807, 2.05) is 13.8 Å². The number of nitrogens with one attached hydrogen (secondary N) is 1. The molecule has 0 spiro atoms. The van der Waals surface area contributed by atoms with Crippen LogP contribution in [0.5, 0.6) is 0 Å². The van der Waals surface area contributed by atoms with Crippen LogP contribution in [0.25, 0.3) is 0 Å². The lowest BCUT2D eigenvalue weighted by molar-refractivity contribution is 0.239. The van der Waals surface area contributed by atoms with Gasteiger partial charge in [0.05, 0.1) is 24.6 Å². The van der Waals surface area contributed by atoms with Crippen LogP contribution in [-0.4, -0.2) is 29.8 Å². The molecule has 0 bridgehead atoms. The molecule has 0 heterocycles. The standard InChI is InChI=1S/C10H22N3O3PS/c1-5-7-15-17(18,16-8-6-2)13-11-9(3)10(4)12-14/h14H,5-8H2,1-4H3,(H,13,18)/b11-9+,12-10+. The van der Waals surface area contributed by atoms with E-state index in [2.05, 4.69) is 15.5 Å². The van der Waals surface area contributed by atoms with Crippen molar-refractivity contribution in [2.45, 2.75) is 40.5 Å². The summed E-state index contributed by atoms with van der Waals surface area (Å²) in [7, 11) is 0. The quantitative estimate of drug-likeness (QED) is 0.296. The van der Waals surface area contributed by atoms with Gasteiger partial charge in [0.25, 0.3) is 0 Å².